The third kappa shape index (κ3) is 4.27. The second-order valence-corrected chi connectivity index (χ2v) is 9.88. The van der Waals surface area contributed by atoms with Gasteiger partial charge < -0.3 is 15.0 Å². The number of piperazine rings is 1. The van der Waals surface area contributed by atoms with Crippen LogP contribution in [0.25, 0.3) is 28.0 Å². The highest BCUT2D eigenvalue weighted by Gasteiger charge is 2.27. The maximum Gasteiger partial charge on any atom is 0.355 e. The van der Waals surface area contributed by atoms with Crippen LogP contribution >= 0.6 is 0 Å². The minimum Gasteiger partial charge on any atom is -0.496 e. The Labute approximate surface area is 221 Å². The Hall–Kier alpha value is -4.29. The van der Waals surface area contributed by atoms with E-state index in [4.69, 9.17) is 9.72 Å². The van der Waals surface area contributed by atoms with Gasteiger partial charge >= 0.3 is 5.69 Å². The summed E-state index contributed by atoms with van der Waals surface area (Å²) in [6.45, 7) is 10.4. The predicted molar refractivity (Wildman–Crippen MR) is 148 cm³/mol. The number of ether oxygens (including phenoxy) is 1. The van der Waals surface area contributed by atoms with Gasteiger partial charge in [-0.05, 0) is 49.6 Å². The highest BCUT2D eigenvalue weighted by molar-refractivity contribution is 5.92. The molecule has 0 spiro atoms. The molecule has 0 unspecified atom stereocenters. The quantitative estimate of drug-likeness (QED) is 0.431. The first-order valence-corrected chi connectivity index (χ1v) is 12.8. The lowest BCUT2D eigenvalue weighted by atomic mass is 10.0. The van der Waals surface area contributed by atoms with Gasteiger partial charge in [0.1, 0.15) is 17.6 Å². The van der Waals surface area contributed by atoms with Gasteiger partial charge in [-0.2, -0.15) is 10.2 Å². The Morgan fingerprint density at radius 1 is 1.21 bits per heavy atom. The second kappa shape index (κ2) is 10.2. The SMILES string of the molecule is COc1ccccc1-c1nc2c(cc1C#N)c(N1CCNC[C@@H]1C)nc(=O)n2-c1c(C)ccnc1C(C)C. The number of nitrogens with one attached hydrogen (secondary N) is 1. The fourth-order valence-corrected chi connectivity index (χ4v) is 5.12. The van der Waals surface area contributed by atoms with Gasteiger partial charge in [0.2, 0.25) is 0 Å². The summed E-state index contributed by atoms with van der Waals surface area (Å²) in [4.78, 5) is 30.3. The van der Waals surface area contributed by atoms with E-state index in [0.29, 0.717) is 51.7 Å². The molecule has 1 N–H and O–H groups in total. The number of hydrogen-bond acceptors (Lipinski definition) is 8. The third-order valence-electron chi connectivity index (χ3n) is 7.03. The summed E-state index contributed by atoms with van der Waals surface area (Å²) in [6, 6.07) is 13.6. The number of nitriles is 1. The number of hydrogen-bond donors (Lipinski definition) is 1. The van der Waals surface area contributed by atoms with E-state index in [1.165, 1.54) is 0 Å². The highest BCUT2D eigenvalue weighted by atomic mass is 16.5. The first-order chi connectivity index (χ1) is 18.3. The molecule has 1 atom stereocenters. The molecule has 1 aromatic carbocycles. The monoisotopic (exact) mass is 509 g/mol. The van der Waals surface area contributed by atoms with Crippen LogP contribution in [0.2, 0.25) is 0 Å². The average Bonchev–Trinajstić information content (AvgIpc) is 2.92. The van der Waals surface area contributed by atoms with Gasteiger partial charge in [0.25, 0.3) is 0 Å². The second-order valence-electron chi connectivity index (χ2n) is 9.88. The Morgan fingerprint density at radius 2 is 2.00 bits per heavy atom. The largest absolute Gasteiger partial charge is 0.496 e. The third-order valence-corrected chi connectivity index (χ3v) is 7.03. The molecule has 4 heterocycles. The Kier molecular flexibility index (Phi) is 6.83. The Balaban J connectivity index is 1.94. The van der Waals surface area contributed by atoms with Crippen LogP contribution in [0.1, 0.15) is 43.5 Å². The van der Waals surface area contributed by atoms with Crippen molar-refractivity contribution in [3.05, 3.63) is 69.9 Å². The topological polar surface area (TPSA) is 109 Å². The zero-order chi connectivity index (χ0) is 27.0. The number of para-hydroxylation sites is 1. The minimum absolute atomic E-state index is 0.0618. The summed E-state index contributed by atoms with van der Waals surface area (Å²) in [6.07, 6.45) is 1.76. The Bertz CT molecular complexity index is 1620. The van der Waals surface area contributed by atoms with E-state index in [-0.39, 0.29) is 12.0 Å². The number of aromatic nitrogens is 4. The molecule has 9 heteroatoms. The van der Waals surface area contributed by atoms with Crippen LogP contribution in [0, 0.1) is 18.3 Å². The number of aryl methyl sites for hydroxylation is 1. The highest BCUT2D eigenvalue weighted by Crippen LogP contribution is 2.36. The molecule has 1 aliphatic heterocycles. The van der Waals surface area contributed by atoms with Gasteiger partial charge in [-0.3, -0.25) is 4.98 Å². The molecular formula is C29H31N7O2. The zero-order valence-electron chi connectivity index (χ0n) is 22.3. The number of methoxy groups -OCH3 is 1. The van der Waals surface area contributed by atoms with Gasteiger partial charge in [0.05, 0.1) is 35.1 Å². The molecule has 4 aromatic rings. The van der Waals surface area contributed by atoms with Crippen molar-refractivity contribution >= 4 is 16.9 Å². The molecule has 9 nitrogen and oxygen atoms in total. The average molecular weight is 510 g/mol. The molecule has 1 fully saturated rings. The van der Waals surface area contributed by atoms with Gasteiger partial charge in [0.15, 0.2) is 5.65 Å². The number of benzene rings is 1. The molecule has 0 radical (unpaired) electrons. The van der Waals surface area contributed by atoms with Crippen LogP contribution in [-0.2, 0) is 0 Å². The van der Waals surface area contributed by atoms with Gasteiger partial charge in [-0.1, -0.05) is 26.0 Å². The maximum atomic E-state index is 13.9. The van der Waals surface area contributed by atoms with Crippen molar-refractivity contribution in [1.29, 1.82) is 5.26 Å². The van der Waals surface area contributed by atoms with Gasteiger partial charge in [-0.25, -0.2) is 14.3 Å². The first kappa shape index (κ1) is 25.4. The Morgan fingerprint density at radius 3 is 2.71 bits per heavy atom. The molecule has 38 heavy (non-hydrogen) atoms. The molecule has 1 aliphatic rings. The standard InChI is InChI=1S/C29H31N7O2/c1-17(2)24-26(18(3)10-11-32-24)36-28-22(27(34-29(36)37)35-13-12-31-16-19(35)4)14-20(15-30)25(33-28)21-8-6-7-9-23(21)38-5/h6-11,14,17,19,31H,12-13,16H2,1-5H3/t19-/m0/s1. The fraction of sp³-hybridized carbons (Fsp3) is 0.345. The molecule has 194 valence electrons. The number of fused-ring (bicyclic) bond motifs is 1. The lowest BCUT2D eigenvalue weighted by molar-refractivity contribution is 0.416. The maximum absolute atomic E-state index is 13.9. The summed E-state index contributed by atoms with van der Waals surface area (Å²) >= 11 is 0. The summed E-state index contributed by atoms with van der Waals surface area (Å²) in [7, 11) is 1.59. The van der Waals surface area contributed by atoms with Crippen LogP contribution in [0.3, 0.4) is 0 Å². The van der Waals surface area contributed by atoms with E-state index in [1.54, 1.807) is 23.9 Å². The van der Waals surface area contributed by atoms with Crippen molar-refractivity contribution in [1.82, 2.24) is 24.8 Å². The summed E-state index contributed by atoms with van der Waals surface area (Å²) in [5, 5.41) is 14.2. The van der Waals surface area contributed by atoms with E-state index in [2.05, 4.69) is 33.2 Å². The van der Waals surface area contributed by atoms with Crippen LogP contribution in [0.4, 0.5) is 5.82 Å². The predicted octanol–water partition coefficient (Wildman–Crippen LogP) is 3.95. The molecule has 0 aliphatic carbocycles. The van der Waals surface area contributed by atoms with Gasteiger partial charge in [-0.15, -0.1) is 0 Å². The van der Waals surface area contributed by atoms with E-state index < -0.39 is 5.69 Å². The molecule has 0 saturated carbocycles. The normalized spacial score (nSPS) is 15.6. The lowest BCUT2D eigenvalue weighted by Crippen LogP contribution is -2.50. The number of rotatable bonds is 5. The minimum atomic E-state index is -0.431. The van der Waals surface area contributed by atoms with E-state index in [9.17, 15) is 10.1 Å². The number of nitrogens with zero attached hydrogens (tertiary/aromatic N) is 6. The molecule has 5 rings (SSSR count). The summed E-state index contributed by atoms with van der Waals surface area (Å²) in [5.74, 6) is 1.19. The molecule has 1 saturated heterocycles. The van der Waals surface area contributed by atoms with Crippen molar-refractivity contribution in [2.24, 2.45) is 0 Å². The van der Waals surface area contributed by atoms with Crippen LogP contribution in [-0.4, -0.2) is 52.3 Å². The lowest BCUT2D eigenvalue weighted by Gasteiger charge is -2.35. The van der Waals surface area contributed by atoms with Gasteiger partial charge in [0, 0.05) is 37.4 Å². The van der Waals surface area contributed by atoms with Crippen LogP contribution < -0.4 is 20.6 Å². The van der Waals surface area contributed by atoms with Crippen LogP contribution in [0.5, 0.6) is 5.75 Å². The van der Waals surface area contributed by atoms with Crippen molar-refractivity contribution in [3.63, 3.8) is 0 Å². The van der Waals surface area contributed by atoms with E-state index in [0.717, 1.165) is 24.3 Å². The van der Waals surface area contributed by atoms with Crippen molar-refractivity contribution in [2.45, 2.75) is 39.7 Å². The van der Waals surface area contributed by atoms with Crippen LogP contribution in [0.15, 0.2) is 47.4 Å². The summed E-state index contributed by atoms with van der Waals surface area (Å²) in [5.41, 5.74) is 3.85. The molecular weight excluding hydrogens is 478 g/mol. The zero-order valence-corrected chi connectivity index (χ0v) is 22.3. The molecule has 0 bridgehead atoms. The van der Waals surface area contributed by atoms with E-state index in [1.807, 2.05) is 51.1 Å². The summed E-state index contributed by atoms with van der Waals surface area (Å²) < 4.78 is 7.16. The smallest absolute Gasteiger partial charge is 0.355 e. The van der Waals surface area contributed by atoms with E-state index >= 15 is 0 Å². The van der Waals surface area contributed by atoms with Crippen molar-refractivity contribution in [2.75, 3.05) is 31.6 Å². The number of anilines is 1. The molecule has 0 amide bonds. The number of pyridine rings is 2. The van der Waals surface area contributed by atoms with Crippen molar-refractivity contribution in [3.8, 4) is 28.8 Å². The molecule has 3 aromatic heterocycles. The first-order valence-electron chi connectivity index (χ1n) is 12.8. The van der Waals surface area contributed by atoms with Crippen molar-refractivity contribution < 1.29 is 4.74 Å². The fourth-order valence-electron chi connectivity index (χ4n) is 5.12.